The Balaban J connectivity index is 1.79. The lowest BCUT2D eigenvalue weighted by atomic mass is 9.51. The van der Waals surface area contributed by atoms with Crippen molar-refractivity contribution in [2.24, 2.45) is 17.3 Å². The molecule has 0 bridgehead atoms. The van der Waals surface area contributed by atoms with Crippen LogP contribution >= 0.6 is 0 Å². The van der Waals surface area contributed by atoms with E-state index in [9.17, 15) is 4.79 Å². The first-order valence-electron chi connectivity index (χ1n) is 7.34. The highest BCUT2D eigenvalue weighted by molar-refractivity contribution is 5.70. The Kier molecular flexibility index (Phi) is 3.34. The standard InChI is InChI=1S/C17H22O2/c1-19-16(18)12-17(10-13-6-3-2-4-7-13)11-14-8-5-9-15(14)17/h2-4,6-7,14-15H,5,8-12H2,1H3/t14-,15-,17-/m0/s1. The Labute approximate surface area is 115 Å². The fourth-order valence-corrected chi connectivity index (χ4v) is 4.43. The molecule has 3 atom stereocenters. The first-order chi connectivity index (χ1) is 9.23. The third-order valence-corrected chi connectivity index (χ3v) is 5.24. The molecule has 0 aromatic heterocycles. The summed E-state index contributed by atoms with van der Waals surface area (Å²) in [7, 11) is 1.50. The van der Waals surface area contributed by atoms with Crippen molar-refractivity contribution in [2.45, 2.75) is 38.5 Å². The highest BCUT2D eigenvalue weighted by atomic mass is 16.5. The first-order valence-corrected chi connectivity index (χ1v) is 7.34. The van der Waals surface area contributed by atoms with E-state index in [1.54, 1.807) is 0 Å². The van der Waals surface area contributed by atoms with Crippen LogP contribution in [-0.4, -0.2) is 13.1 Å². The van der Waals surface area contributed by atoms with E-state index in [2.05, 4.69) is 30.3 Å². The summed E-state index contributed by atoms with van der Waals surface area (Å²) in [5.41, 5.74) is 1.53. The molecular weight excluding hydrogens is 236 g/mol. The average molecular weight is 258 g/mol. The van der Waals surface area contributed by atoms with E-state index in [4.69, 9.17) is 4.74 Å². The van der Waals surface area contributed by atoms with Crippen molar-refractivity contribution < 1.29 is 9.53 Å². The molecule has 2 fully saturated rings. The predicted octanol–water partition coefficient (Wildman–Crippen LogP) is 3.60. The summed E-state index contributed by atoms with van der Waals surface area (Å²) in [4.78, 5) is 11.8. The summed E-state index contributed by atoms with van der Waals surface area (Å²) >= 11 is 0. The molecule has 2 aliphatic rings. The molecule has 3 rings (SSSR count). The van der Waals surface area contributed by atoms with Gasteiger partial charge in [-0.25, -0.2) is 0 Å². The molecule has 0 radical (unpaired) electrons. The number of carbonyl (C=O) groups excluding carboxylic acids is 1. The van der Waals surface area contributed by atoms with Gasteiger partial charge in [-0.15, -0.1) is 0 Å². The van der Waals surface area contributed by atoms with Gasteiger partial charge in [-0.1, -0.05) is 43.2 Å². The van der Waals surface area contributed by atoms with Crippen molar-refractivity contribution in [2.75, 3.05) is 7.11 Å². The lowest BCUT2D eigenvalue weighted by Gasteiger charge is -2.53. The van der Waals surface area contributed by atoms with Gasteiger partial charge in [-0.2, -0.15) is 0 Å². The molecule has 0 spiro atoms. The van der Waals surface area contributed by atoms with Crippen molar-refractivity contribution in [1.29, 1.82) is 0 Å². The SMILES string of the molecule is COC(=O)C[C@]1(Cc2ccccc2)C[C@@H]2CCC[C@@H]21. The second-order valence-electron chi connectivity index (χ2n) is 6.28. The van der Waals surface area contributed by atoms with Gasteiger partial charge in [0.25, 0.3) is 0 Å². The van der Waals surface area contributed by atoms with E-state index >= 15 is 0 Å². The number of carbonyl (C=O) groups is 1. The minimum absolute atomic E-state index is 0.0405. The van der Waals surface area contributed by atoms with Gasteiger partial charge in [0.15, 0.2) is 0 Å². The summed E-state index contributed by atoms with van der Waals surface area (Å²) in [5, 5.41) is 0. The normalized spacial score (nSPS) is 32.5. The zero-order chi connectivity index (χ0) is 13.3. The minimum atomic E-state index is -0.0405. The molecular formula is C17H22O2. The minimum Gasteiger partial charge on any atom is -0.469 e. The van der Waals surface area contributed by atoms with Gasteiger partial charge < -0.3 is 4.74 Å². The molecule has 0 aliphatic heterocycles. The van der Waals surface area contributed by atoms with E-state index in [1.165, 1.54) is 38.4 Å². The molecule has 2 nitrogen and oxygen atoms in total. The largest absolute Gasteiger partial charge is 0.469 e. The Bertz CT molecular complexity index is 454. The third-order valence-electron chi connectivity index (χ3n) is 5.24. The Morgan fingerprint density at radius 1 is 1.32 bits per heavy atom. The van der Waals surface area contributed by atoms with E-state index in [-0.39, 0.29) is 11.4 Å². The summed E-state index contributed by atoms with van der Waals surface area (Å²) in [6, 6.07) is 10.6. The van der Waals surface area contributed by atoms with Gasteiger partial charge in [0.05, 0.1) is 13.5 Å². The second kappa shape index (κ2) is 4.99. The van der Waals surface area contributed by atoms with E-state index in [0.717, 1.165) is 18.3 Å². The smallest absolute Gasteiger partial charge is 0.306 e. The molecule has 0 N–H and O–H groups in total. The molecule has 19 heavy (non-hydrogen) atoms. The topological polar surface area (TPSA) is 26.3 Å². The number of esters is 1. The van der Waals surface area contributed by atoms with Crippen LogP contribution in [0.1, 0.15) is 37.7 Å². The predicted molar refractivity (Wildman–Crippen MR) is 74.7 cm³/mol. The van der Waals surface area contributed by atoms with Crippen molar-refractivity contribution in [3.05, 3.63) is 35.9 Å². The van der Waals surface area contributed by atoms with Gasteiger partial charge in [0.1, 0.15) is 0 Å². The molecule has 2 aliphatic carbocycles. The van der Waals surface area contributed by atoms with Crippen LogP contribution in [0.2, 0.25) is 0 Å². The summed E-state index contributed by atoms with van der Waals surface area (Å²) in [5.74, 6) is 1.57. The molecule has 1 aromatic carbocycles. The molecule has 2 saturated carbocycles. The van der Waals surface area contributed by atoms with Gasteiger partial charge in [-0.05, 0) is 42.1 Å². The lowest BCUT2D eigenvalue weighted by Crippen LogP contribution is -2.48. The van der Waals surface area contributed by atoms with Crippen molar-refractivity contribution in [3.8, 4) is 0 Å². The Morgan fingerprint density at radius 3 is 2.79 bits per heavy atom. The maximum Gasteiger partial charge on any atom is 0.306 e. The van der Waals surface area contributed by atoms with Crippen LogP contribution in [0.3, 0.4) is 0 Å². The Hall–Kier alpha value is -1.31. The van der Waals surface area contributed by atoms with Crippen LogP contribution in [0.4, 0.5) is 0 Å². The summed E-state index contributed by atoms with van der Waals surface area (Å²) in [6.45, 7) is 0. The van der Waals surface area contributed by atoms with Gasteiger partial charge >= 0.3 is 5.97 Å². The number of ether oxygens (including phenoxy) is 1. The molecule has 0 saturated heterocycles. The second-order valence-corrected chi connectivity index (χ2v) is 6.28. The lowest BCUT2D eigenvalue weighted by molar-refractivity contribution is -0.149. The zero-order valence-corrected chi connectivity index (χ0v) is 11.6. The van der Waals surface area contributed by atoms with Crippen molar-refractivity contribution in [3.63, 3.8) is 0 Å². The monoisotopic (exact) mass is 258 g/mol. The number of methoxy groups -OCH3 is 1. The van der Waals surface area contributed by atoms with Gasteiger partial charge in [-0.3, -0.25) is 4.79 Å². The molecule has 2 heteroatoms. The first kappa shape index (κ1) is 12.7. The Morgan fingerprint density at radius 2 is 2.11 bits per heavy atom. The highest BCUT2D eigenvalue weighted by Gasteiger charge is 2.55. The highest BCUT2D eigenvalue weighted by Crippen LogP contribution is 2.62. The zero-order valence-electron chi connectivity index (χ0n) is 11.6. The number of hydrogen-bond donors (Lipinski definition) is 0. The maximum atomic E-state index is 11.8. The van der Waals surface area contributed by atoms with Crippen LogP contribution in [0.15, 0.2) is 30.3 Å². The van der Waals surface area contributed by atoms with Crippen LogP contribution in [0.5, 0.6) is 0 Å². The maximum absolute atomic E-state index is 11.8. The fourth-order valence-electron chi connectivity index (χ4n) is 4.43. The van der Waals surface area contributed by atoms with E-state index < -0.39 is 0 Å². The molecule has 0 unspecified atom stereocenters. The van der Waals surface area contributed by atoms with E-state index in [0.29, 0.717) is 6.42 Å². The van der Waals surface area contributed by atoms with Crippen LogP contribution in [0.25, 0.3) is 0 Å². The molecule has 1 aromatic rings. The number of fused-ring (bicyclic) bond motifs is 1. The summed E-state index contributed by atoms with van der Waals surface area (Å²) < 4.78 is 4.93. The van der Waals surface area contributed by atoms with Crippen LogP contribution in [-0.2, 0) is 16.0 Å². The molecule has 0 amide bonds. The molecule has 0 heterocycles. The third kappa shape index (κ3) is 2.29. The van der Waals surface area contributed by atoms with Crippen molar-refractivity contribution in [1.82, 2.24) is 0 Å². The van der Waals surface area contributed by atoms with Gasteiger partial charge in [0, 0.05) is 0 Å². The van der Waals surface area contributed by atoms with Crippen LogP contribution in [0, 0.1) is 17.3 Å². The molecule has 102 valence electrons. The average Bonchev–Trinajstić information content (AvgIpc) is 2.82. The van der Waals surface area contributed by atoms with Crippen molar-refractivity contribution >= 4 is 5.97 Å². The number of rotatable bonds is 4. The summed E-state index contributed by atoms with van der Waals surface area (Å²) in [6.07, 6.45) is 6.84. The quantitative estimate of drug-likeness (QED) is 0.771. The van der Waals surface area contributed by atoms with E-state index in [1.807, 2.05) is 0 Å². The fraction of sp³-hybridized carbons (Fsp3) is 0.588. The van der Waals surface area contributed by atoms with Crippen LogP contribution < -0.4 is 0 Å². The number of hydrogen-bond acceptors (Lipinski definition) is 2. The number of benzene rings is 1. The van der Waals surface area contributed by atoms with Gasteiger partial charge in [0.2, 0.25) is 0 Å².